The molecule has 0 aliphatic carbocycles. The molecule has 1 amide bonds. The van der Waals surface area contributed by atoms with Crippen molar-refractivity contribution in [2.45, 2.75) is 13.0 Å². The molecule has 4 rings (SSSR count). The third-order valence-electron chi connectivity index (χ3n) is 5.26. The van der Waals surface area contributed by atoms with Crippen LogP contribution in [0.5, 0.6) is 5.75 Å². The van der Waals surface area contributed by atoms with Crippen molar-refractivity contribution in [3.63, 3.8) is 0 Å². The molecule has 32 heavy (non-hydrogen) atoms. The summed E-state index contributed by atoms with van der Waals surface area (Å²) in [4.78, 5) is 21.4. The predicted molar refractivity (Wildman–Crippen MR) is 125 cm³/mol. The van der Waals surface area contributed by atoms with Gasteiger partial charge in [-0.15, -0.1) is 11.8 Å². The topological polar surface area (TPSA) is 71.7 Å². The lowest BCUT2D eigenvalue weighted by molar-refractivity contribution is -0.128. The van der Waals surface area contributed by atoms with Crippen LogP contribution in [0, 0.1) is 0 Å². The quantitative estimate of drug-likeness (QED) is 0.460. The molecule has 7 nitrogen and oxygen atoms in total. The average molecular weight is 453 g/mol. The number of benzene rings is 2. The van der Waals surface area contributed by atoms with Crippen LogP contribution in [0.15, 0.2) is 65.2 Å². The molecule has 0 radical (unpaired) electrons. The molecule has 8 heteroatoms. The molecule has 1 saturated heterocycles. The van der Waals surface area contributed by atoms with Gasteiger partial charge < -0.3 is 14.2 Å². The lowest BCUT2D eigenvalue weighted by Gasteiger charge is -2.21. The van der Waals surface area contributed by atoms with Crippen LogP contribution in [0.2, 0.25) is 0 Å². The second kappa shape index (κ2) is 11.7. The van der Waals surface area contributed by atoms with Crippen LogP contribution in [0.4, 0.5) is 0 Å². The minimum absolute atomic E-state index is 0.197. The Hall–Kier alpha value is -2.84. The van der Waals surface area contributed by atoms with Crippen LogP contribution >= 0.6 is 11.8 Å². The van der Waals surface area contributed by atoms with Gasteiger partial charge in [0.05, 0.1) is 18.9 Å². The van der Waals surface area contributed by atoms with Gasteiger partial charge in [-0.1, -0.05) is 41.6 Å². The van der Waals surface area contributed by atoms with Gasteiger partial charge in [-0.25, -0.2) is 0 Å². The summed E-state index contributed by atoms with van der Waals surface area (Å²) in [5.41, 5.74) is 0.922. The van der Waals surface area contributed by atoms with Gasteiger partial charge in [0.2, 0.25) is 5.91 Å². The van der Waals surface area contributed by atoms with Gasteiger partial charge in [-0.2, -0.15) is 4.98 Å². The van der Waals surface area contributed by atoms with E-state index in [-0.39, 0.29) is 5.91 Å². The van der Waals surface area contributed by atoms with E-state index >= 15 is 0 Å². The zero-order chi connectivity index (χ0) is 22.0. The summed E-state index contributed by atoms with van der Waals surface area (Å²) in [5, 5.41) is 4.13. The maximum atomic E-state index is 12.6. The number of thioether (sulfide) groups is 1. The molecule has 0 unspecified atom stereocenters. The number of aromatic nitrogens is 2. The monoisotopic (exact) mass is 452 g/mol. The van der Waals surface area contributed by atoms with E-state index < -0.39 is 0 Å². The third-order valence-corrected chi connectivity index (χ3v) is 6.17. The number of para-hydroxylation sites is 1. The zero-order valence-corrected chi connectivity index (χ0v) is 18.9. The Morgan fingerprint density at radius 1 is 1.00 bits per heavy atom. The molecule has 0 spiro atoms. The van der Waals surface area contributed by atoms with Crippen LogP contribution in [-0.4, -0.2) is 70.1 Å². The molecule has 2 aromatic carbocycles. The molecule has 0 saturated carbocycles. The first-order chi connectivity index (χ1) is 15.8. The third kappa shape index (κ3) is 6.58. The molecule has 168 valence electrons. The second-order valence-corrected chi connectivity index (χ2v) is 8.71. The highest BCUT2D eigenvalue weighted by atomic mass is 32.2. The van der Waals surface area contributed by atoms with E-state index in [1.165, 1.54) is 0 Å². The van der Waals surface area contributed by atoms with Crippen molar-refractivity contribution in [3.05, 3.63) is 66.5 Å². The Morgan fingerprint density at radius 2 is 1.78 bits per heavy atom. The predicted octanol–water partition coefficient (Wildman–Crippen LogP) is 3.58. The highest BCUT2D eigenvalue weighted by Crippen LogP contribution is 2.17. The van der Waals surface area contributed by atoms with E-state index in [0.717, 1.165) is 49.7 Å². The number of rotatable bonds is 9. The fraction of sp³-hybridized carbons (Fsp3) is 0.375. The van der Waals surface area contributed by atoms with Gasteiger partial charge >= 0.3 is 0 Å². The number of carbonyl (C=O) groups excluding carboxylic acids is 1. The van der Waals surface area contributed by atoms with Crippen molar-refractivity contribution < 1.29 is 14.1 Å². The largest absolute Gasteiger partial charge is 0.493 e. The molecule has 1 aliphatic heterocycles. The van der Waals surface area contributed by atoms with E-state index in [2.05, 4.69) is 15.0 Å². The Kier molecular flexibility index (Phi) is 8.17. The van der Waals surface area contributed by atoms with Crippen molar-refractivity contribution in [3.8, 4) is 17.2 Å². The first-order valence-electron chi connectivity index (χ1n) is 10.9. The van der Waals surface area contributed by atoms with Crippen molar-refractivity contribution in [1.29, 1.82) is 0 Å². The first-order valence-corrected chi connectivity index (χ1v) is 12.1. The highest BCUT2D eigenvalue weighted by Gasteiger charge is 2.20. The zero-order valence-electron chi connectivity index (χ0n) is 18.1. The number of carbonyl (C=O) groups is 1. The molecule has 0 bridgehead atoms. The van der Waals surface area contributed by atoms with Crippen LogP contribution in [0.3, 0.4) is 0 Å². The van der Waals surface area contributed by atoms with Crippen LogP contribution in [0.25, 0.3) is 11.5 Å². The summed E-state index contributed by atoms with van der Waals surface area (Å²) in [7, 11) is 0. The fourth-order valence-electron chi connectivity index (χ4n) is 3.58. The van der Waals surface area contributed by atoms with Gasteiger partial charge in [0.15, 0.2) is 5.82 Å². The molecular weight excluding hydrogens is 424 g/mol. The molecule has 1 aromatic heterocycles. The van der Waals surface area contributed by atoms with Crippen molar-refractivity contribution in [2.24, 2.45) is 0 Å². The van der Waals surface area contributed by atoms with Crippen LogP contribution in [0.1, 0.15) is 12.2 Å². The van der Waals surface area contributed by atoms with E-state index in [1.807, 2.05) is 65.6 Å². The molecule has 3 aromatic rings. The van der Waals surface area contributed by atoms with E-state index in [1.54, 1.807) is 11.8 Å². The normalized spacial score (nSPS) is 14.8. The number of nitrogens with zero attached hydrogens (tertiary/aromatic N) is 4. The number of hydrogen-bond donors (Lipinski definition) is 0. The van der Waals surface area contributed by atoms with Gasteiger partial charge in [0, 0.05) is 37.5 Å². The molecule has 0 N–H and O–H groups in total. The summed E-state index contributed by atoms with van der Waals surface area (Å²) >= 11 is 1.62. The van der Waals surface area contributed by atoms with Gasteiger partial charge in [0.1, 0.15) is 5.75 Å². The number of ether oxygens (including phenoxy) is 1. The Balaban J connectivity index is 1.17. The lowest BCUT2D eigenvalue weighted by Crippen LogP contribution is -2.36. The van der Waals surface area contributed by atoms with Gasteiger partial charge in [-0.3, -0.25) is 9.69 Å². The van der Waals surface area contributed by atoms with Crippen LogP contribution in [-0.2, 0) is 11.3 Å². The lowest BCUT2D eigenvalue weighted by atomic mass is 10.2. The van der Waals surface area contributed by atoms with Crippen molar-refractivity contribution >= 4 is 17.7 Å². The maximum absolute atomic E-state index is 12.6. The van der Waals surface area contributed by atoms with Crippen molar-refractivity contribution in [1.82, 2.24) is 19.9 Å². The fourth-order valence-corrected chi connectivity index (χ4v) is 4.28. The number of amides is 1. The Morgan fingerprint density at radius 3 is 2.59 bits per heavy atom. The Bertz CT molecular complexity index is 968. The summed E-state index contributed by atoms with van der Waals surface area (Å²) in [6, 6.07) is 19.5. The minimum Gasteiger partial charge on any atom is -0.493 e. The molecule has 2 heterocycles. The average Bonchev–Trinajstić information content (AvgIpc) is 3.17. The number of hydrogen-bond acceptors (Lipinski definition) is 7. The molecule has 0 atom stereocenters. The molecule has 1 fully saturated rings. The minimum atomic E-state index is 0.197. The standard InChI is InChI=1S/C24H28N4O3S/c29-23(19-32-17-16-30-21-10-5-2-6-11-21)28-13-7-12-27(14-15-28)18-22-25-24(31-26-22)20-8-3-1-4-9-20/h1-6,8-11H,7,12-19H2. The molecule has 1 aliphatic rings. The van der Waals surface area contributed by atoms with E-state index in [9.17, 15) is 4.79 Å². The summed E-state index contributed by atoms with van der Waals surface area (Å²) in [5.74, 6) is 3.57. The van der Waals surface area contributed by atoms with Gasteiger partial charge in [0.25, 0.3) is 5.89 Å². The first kappa shape index (κ1) is 22.4. The summed E-state index contributed by atoms with van der Waals surface area (Å²) in [6.45, 7) is 4.47. The van der Waals surface area contributed by atoms with E-state index in [4.69, 9.17) is 9.26 Å². The maximum Gasteiger partial charge on any atom is 0.257 e. The second-order valence-electron chi connectivity index (χ2n) is 7.61. The van der Waals surface area contributed by atoms with Crippen molar-refractivity contribution in [2.75, 3.05) is 44.3 Å². The van der Waals surface area contributed by atoms with E-state index in [0.29, 0.717) is 30.6 Å². The van der Waals surface area contributed by atoms with Crippen LogP contribution < -0.4 is 4.74 Å². The van der Waals surface area contributed by atoms with Gasteiger partial charge in [-0.05, 0) is 30.7 Å². The summed E-state index contributed by atoms with van der Waals surface area (Å²) in [6.07, 6.45) is 0.941. The smallest absolute Gasteiger partial charge is 0.257 e. The summed E-state index contributed by atoms with van der Waals surface area (Å²) < 4.78 is 11.1. The molecular formula is C24H28N4O3S. The Labute approximate surface area is 192 Å². The SMILES string of the molecule is O=C(CSCCOc1ccccc1)N1CCCN(Cc2noc(-c3ccccc3)n2)CC1. The highest BCUT2D eigenvalue weighted by molar-refractivity contribution is 7.99.